The van der Waals surface area contributed by atoms with E-state index in [-0.39, 0.29) is 10.9 Å². The second-order valence-electron chi connectivity index (χ2n) is 5.74. The summed E-state index contributed by atoms with van der Waals surface area (Å²) >= 11 is 6.07. The zero-order valence-corrected chi connectivity index (χ0v) is 14.2. The van der Waals surface area contributed by atoms with Gasteiger partial charge >= 0.3 is 0 Å². The van der Waals surface area contributed by atoms with Gasteiger partial charge in [0, 0.05) is 11.1 Å². The number of rotatable bonds is 4. The highest BCUT2D eigenvalue weighted by Crippen LogP contribution is 2.31. The summed E-state index contributed by atoms with van der Waals surface area (Å²) in [5.74, 6) is 0.674. The van der Waals surface area contributed by atoms with Crippen molar-refractivity contribution in [2.24, 2.45) is 5.92 Å². The van der Waals surface area contributed by atoms with Crippen LogP contribution in [0.15, 0.2) is 17.0 Å². The number of nitrogens with one attached hydrogen (secondary N) is 1. The maximum atomic E-state index is 12.6. The first-order valence-electron chi connectivity index (χ1n) is 7.21. The molecule has 1 saturated carbocycles. The maximum Gasteiger partial charge on any atom is 0.244 e. The Morgan fingerprint density at radius 3 is 2.57 bits per heavy atom. The summed E-state index contributed by atoms with van der Waals surface area (Å²) in [7, 11) is -2.17. The average Bonchev–Trinajstić information content (AvgIpc) is 2.43. The van der Waals surface area contributed by atoms with Crippen molar-refractivity contribution in [3.8, 4) is 5.75 Å². The summed E-state index contributed by atoms with van der Waals surface area (Å²) in [6.45, 7) is 3.91. The van der Waals surface area contributed by atoms with Crippen LogP contribution in [0.2, 0.25) is 5.02 Å². The van der Waals surface area contributed by atoms with Crippen LogP contribution in [-0.4, -0.2) is 21.6 Å². The van der Waals surface area contributed by atoms with Crippen LogP contribution in [0.4, 0.5) is 0 Å². The van der Waals surface area contributed by atoms with Crippen LogP contribution < -0.4 is 9.46 Å². The first kappa shape index (κ1) is 16.6. The van der Waals surface area contributed by atoms with Crippen LogP contribution in [0, 0.1) is 12.8 Å². The molecule has 4 nitrogen and oxygen atoms in total. The van der Waals surface area contributed by atoms with E-state index >= 15 is 0 Å². The van der Waals surface area contributed by atoms with Gasteiger partial charge in [-0.2, -0.15) is 0 Å². The molecular weight excluding hydrogens is 310 g/mol. The molecule has 2 atom stereocenters. The third kappa shape index (κ3) is 3.71. The molecule has 6 heteroatoms. The number of sulfonamides is 1. The van der Waals surface area contributed by atoms with Gasteiger partial charge in [0.25, 0.3) is 0 Å². The number of methoxy groups -OCH3 is 1. The van der Waals surface area contributed by atoms with E-state index in [1.807, 2.05) is 6.92 Å². The van der Waals surface area contributed by atoms with E-state index in [0.717, 1.165) is 24.8 Å². The van der Waals surface area contributed by atoms with Crippen molar-refractivity contribution >= 4 is 21.6 Å². The monoisotopic (exact) mass is 331 g/mol. The fraction of sp³-hybridized carbons (Fsp3) is 0.600. The number of ether oxygens (including phenoxy) is 1. The molecule has 1 aliphatic carbocycles. The molecule has 0 unspecified atom stereocenters. The molecule has 1 aromatic carbocycles. The van der Waals surface area contributed by atoms with Crippen LogP contribution in [-0.2, 0) is 10.0 Å². The van der Waals surface area contributed by atoms with Crippen molar-refractivity contribution < 1.29 is 13.2 Å². The molecule has 0 aromatic heterocycles. The Morgan fingerprint density at radius 1 is 1.29 bits per heavy atom. The molecule has 0 heterocycles. The van der Waals surface area contributed by atoms with E-state index < -0.39 is 10.0 Å². The van der Waals surface area contributed by atoms with Crippen LogP contribution in [0.3, 0.4) is 0 Å². The number of halogens is 1. The third-order valence-electron chi connectivity index (χ3n) is 4.15. The summed E-state index contributed by atoms with van der Waals surface area (Å²) in [6.07, 6.45) is 4.16. The third-order valence-corrected chi connectivity index (χ3v) is 6.07. The van der Waals surface area contributed by atoms with Crippen molar-refractivity contribution in [2.75, 3.05) is 7.11 Å². The zero-order valence-electron chi connectivity index (χ0n) is 12.6. The minimum Gasteiger partial charge on any atom is -0.495 e. The summed E-state index contributed by atoms with van der Waals surface area (Å²) in [5, 5.41) is 0.424. The fourth-order valence-corrected chi connectivity index (χ4v) is 4.54. The van der Waals surface area contributed by atoms with E-state index in [2.05, 4.69) is 11.6 Å². The van der Waals surface area contributed by atoms with Gasteiger partial charge in [-0.1, -0.05) is 31.4 Å². The van der Waals surface area contributed by atoms with Crippen molar-refractivity contribution in [2.45, 2.75) is 50.5 Å². The lowest BCUT2D eigenvalue weighted by Crippen LogP contribution is -2.41. The molecule has 0 saturated heterocycles. The van der Waals surface area contributed by atoms with Gasteiger partial charge in [-0.05, 0) is 43.4 Å². The average molecular weight is 332 g/mol. The van der Waals surface area contributed by atoms with E-state index in [1.165, 1.54) is 19.6 Å². The zero-order chi connectivity index (χ0) is 15.6. The molecule has 0 radical (unpaired) electrons. The quantitative estimate of drug-likeness (QED) is 0.918. The van der Waals surface area contributed by atoms with E-state index in [0.29, 0.717) is 16.7 Å². The lowest BCUT2D eigenvalue weighted by atomic mass is 9.87. The van der Waals surface area contributed by atoms with Gasteiger partial charge in [-0.3, -0.25) is 0 Å². The van der Waals surface area contributed by atoms with Gasteiger partial charge in [0.15, 0.2) is 0 Å². The van der Waals surface area contributed by atoms with Crippen molar-refractivity contribution in [3.05, 3.63) is 22.7 Å². The minimum atomic E-state index is -3.63. The van der Waals surface area contributed by atoms with Gasteiger partial charge in [0.05, 0.1) is 7.11 Å². The maximum absolute atomic E-state index is 12.6. The van der Waals surface area contributed by atoms with Gasteiger partial charge in [0.1, 0.15) is 10.6 Å². The lowest BCUT2D eigenvalue weighted by Gasteiger charge is -2.29. The smallest absolute Gasteiger partial charge is 0.244 e. The summed E-state index contributed by atoms with van der Waals surface area (Å²) in [6, 6.07) is 3.10. The molecule has 1 fully saturated rings. The minimum absolute atomic E-state index is 0.0199. The van der Waals surface area contributed by atoms with Crippen LogP contribution in [0.5, 0.6) is 5.75 Å². The molecule has 118 valence electrons. The molecule has 0 aliphatic heterocycles. The predicted molar refractivity (Wildman–Crippen MR) is 84.5 cm³/mol. The van der Waals surface area contributed by atoms with Crippen molar-refractivity contribution in [1.82, 2.24) is 4.72 Å². The SMILES string of the molecule is COc1cc(C)c(Cl)cc1S(=O)(=O)N[C@H]1CCCC[C@@H]1C. The number of hydrogen-bond acceptors (Lipinski definition) is 3. The Labute approximate surface area is 131 Å². The number of aryl methyl sites for hydroxylation is 1. The second kappa shape index (κ2) is 6.55. The first-order chi connectivity index (χ1) is 9.85. The summed E-state index contributed by atoms with van der Waals surface area (Å²) in [5.41, 5.74) is 0.790. The summed E-state index contributed by atoms with van der Waals surface area (Å²) in [4.78, 5) is 0.110. The highest BCUT2D eigenvalue weighted by Gasteiger charge is 2.29. The first-order valence-corrected chi connectivity index (χ1v) is 9.07. The van der Waals surface area contributed by atoms with Crippen LogP contribution in [0.1, 0.15) is 38.2 Å². The predicted octanol–water partition coefficient (Wildman–Crippen LogP) is 3.51. The molecule has 1 N–H and O–H groups in total. The standard InChI is InChI=1S/C15H22ClNO3S/c1-10-6-4-5-7-13(10)17-21(18,19)15-9-12(16)11(2)8-14(15)20-3/h8-10,13,17H,4-7H2,1-3H3/t10-,13-/m0/s1. The molecule has 0 bridgehead atoms. The highest BCUT2D eigenvalue weighted by atomic mass is 35.5. The van der Waals surface area contributed by atoms with Gasteiger partial charge in [0.2, 0.25) is 10.0 Å². The van der Waals surface area contributed by atoms with E-state index in [4.69, 9.17) is 16.3 Å². The van der Waals surface area contributed by atoms with Gasteiger partial charge in [-0.25, -0.2) is 13.1 Å². The largest absolute Gasteiger partial charge is 0.495 e. The Kier molecular flexibility index (Phi) is 5.17. The number of hydrogen-bond donors (Lipinski definition) is 1. The van der Waals surface area contributed by atoms with Gasteiger partial charge in [-0.15, -0.1) is 0 Å². The normalized spacial score (nSPS) is 23.0. The summed E-state index contributed by atoms with van der Waals surface area (Å²) < 4.78 is 33.3. The second-order valence-corrected chi connectivity index (χ2v) is 7.83. The van der Waals surface area contributed by atoms with Crippen molar-refractivity contribution in [3.63, 3.8) is 0 Å². The van der Waals surface area contributed by atoms with Crippen LogP contribution >= 0.6 is 11.6 Å². The van der Waals surface area contributed by atoms with E-state index in [1.54, 1.807) is 6.07 Å². The Bertz CT molecular complexity index is 616. The van der Waals surface area contributed by atoms with Gasteiger partial charge < -0.3 is 4.74 Å². The molecular formula is C15H22ClNO3S. The lowest BCUT2D eigenvalue weighted by molar-refractivity contribution is 0.310. The molecule has 2 rings (SSSR count). The Hall–Kier alpha value is -0.780. The molecule has 0 spiro atoms. The van der Waals surface area contributed by atoms with Crippen LogP contribution in [0.25, 0.3) is 0 Å². The highest BCUT2D eigenvalue weighted by molar-refractivity contribution is 7.89. The molecule has 1 aromatic rings. The molecule has 1 aliphatic rings. The molecule has 21 heavy (non-hydrogen) atoms. The van der Waals surface area contributed by atoms with Crippen molar-refractivity contribution in [1.29, 1.82) is 0 Å². The van der Waals surface area contributed by atoms with E-state index in [9.17, 15) is 8.42 Å². The fourth-order valence-electron chi connectivity index (χ4n) is 2.76. The topological polar surface area (TPSA) is 55.4 Å². The number of benzene rings is 1. The Morgan fingerprint density at radius 2 is 1.95 bits per heavy atom. The molecule has 0 amide bonds. The Balaban J connectivity index is 2.33.